The predicted octanol–water partition coefficient (Wildman–Crippen LogP) is 1.59. The number of ether oxygens (including phenoxy) is 1. The number of rotatable bonds is 5. The second-order valence-corrected chi connectivity index (χ2v) is 5.75. The van der Waals surface area contributed by atoms with E-state index in [0.29, 0.717) is 32.5 Å². The fraction of sp³-hybridized carbons (Fsp3) is 0.857. The number of carboxylic acids is 1. The van der Waals surface area contributed by atoms with Gasteiger partial charge in [0.15, 0.2) is 0 Å². The van der Waals surface area contributed by atoms with E-state index in [0.717, 1.165) is 25.7 Å². The van der Waals surface area contributed by atoms with Crippen LogP contribution in [0, 0.1) is 0 Å². The maximum atomic E-state index is 12.2. The summed E-state index contributed by atoms with van der Waals surface area (Å²) in [6.07, 6.45) is 4.82. The molecule has 6 nitrogen and oxygen atoms in total. The zero-order valence-electron chi connectivity index (χ0n) is 12.1. The van der Waals surface area contributed by atoms with Gasteiger partial charge in [-0.1, -0.05) is 6.92 Å². The van der Waals surface area contributed by atoms with Crippen LogP contribution in [0.15, 0.2) is 0 Å². The van der Waals surface area contributed by atoms with E-state index in [9.17, 15) is 14.7 Å². The Labute approximate surface area is 119 Å². The highest BCUT2D eigenvalue weighted by Gasteiger charge is 2.46. The van der Waals surface area contributed by atoms with Crippen LogP contribution in [0.25, 0.3) is 0 Å². The Morgan fingerprint density at radius 1 is 1.40 bits per heavy atom. The van der Waals surface area contributed by atoms with Gasteiger partial charge in [0.1, 0.15) is 5.54 Å². The fourth-order valence-electron chi connectivity index (χ4n) is 2.75. The molecule has 2 fully saturated rings. The summed E-state index contributed by atoms with van der Waals surface area (Å²) >= 11 is 0. The van der Waals surface area contributed by atoms with Crippen molar-refractivity contribution in [1.29, 1.82) is 0 Å². The number of hydrogen-bond acceptors (Lipinski definition) is 3. The number of piperidine rings is 1. The minimum Gasteiger partial charge on any atom is -0.480 e. The molecule has 1 aliphatic carbocycles. The van der Waals surface area contributed by atoms with E-state index < -0.39 is 11.5 Å². The van der Waals surface area contributed by atoms with Crippen molar-refractivity contribution in [1.82, 2.24) is 10.2 Å². The summed E-state index contributed by atoms with van der Waals surface area (Å²) in [5, 5.41) is 11.9. The molecule has 0 bridgehead atoms. The number of aliphatic carboxylic acids is 1. The van der Waals surface area contributed by atoms with Crippen molar-refractivity contribution in [2.24, 2.45) is 0 Å². The first kappa shape index (κ1) is 15.1. The Bertz CT molecular complexity index is 368. The van der Waals surface area contributed by atoms with E-state index in [4.69, 9.17) is 4.74 Å². The minimum atomic E-state index is -1.03. The lowest BCUT2D eigenvalue weighted by Crippen LogP contribution is -2.62. The molecule has 2 amide bonds. The standard InChI is InChI=1S/C14H24N2O4/c1-2-9-20-11-5-3-8-16(10-11)13(19)15-14(12(17)18)6-4-7-14/h11H,2-10H2,1H3,(H,15,19)(H,17,18). The number of urea groups is 1. The summed E-state index contributed by atoms with van der Waals surface area (Å²) in [6, 6.07) is -0.267. The monoisotopic (exact) mass is 284 g/mol. The molecule has 0 radical (unpaired) electrons. The molecule has 2 rings (SSSR count). The number of nitrogens with zero attached hydrogens (tertiary/aromatic N) is 1. The Kier molecular flexibility index (Phi) is 4.86. The molecule has 0 aromatic rings. The van der Waals surface area contributed by atoms with Crippen molar-refractivity contribution in [3.8, 4) is 0 Å². The lowest BCUT2D eigenvalue weighted by molar-refractivity contribution is -0.148. The van der Waals surface area contributed by atoms with Crippen LogP contribution >= 0.6 is 0 Å². The normalized spacial score (nSPS) is 24.9. The third-order valence-corrected chi connectivity index (χ3v) is 4.19. The van der Waals surface area contributed by atoms with Crippen LogP contribution in [0.2, 0.25) is 0 Å². The molecule has 0 aromatic carbocycles. The predicted molar refractivity (Wildman–Crippen MR) is 73.6 cm³/mol. The van der Waals surface area contributed by atoms with Crippen LogP contribution in [0.5, 0.6) is 0 Å². The lowest BCUT2D eigenvalue weighted by atomic mass is 9.77. The topological polar surface area (TPSA) is 78.9 Å². The number of carbonyl (C=O) groups is 2. The molecule has 20 heavy (non-hydrogen) atoms. The summed E-state index contributed by atoms with van der Waals surface area (Å²) < 4.78 is 5.69. The molecule has 1 aliphatic heterocycles. The fourth-order valence-corrected chi connectivity index (χ4v) is 2.75. The van der Waals surface area contributed by atoms with Gasteiger partial charge in [-0.25, -0.2) is 9.59 Å². The van der Waals surface area contributed by atoms with Crippen molar-refractivity contribution in [3.05, 3.63) is 0 Å². The Hall–Kier alpha value is -1.30. The highest BCUT2D eigenvalue weighted by atomic mass is 16.5. The molecule has 1 atom stereocenters. The summed E-state index contributed by atoms with van der Waals surface area (Å²) in [5.41, 5.74) is -1.03. The van der Waals surface area contributed by atoms with Gasteiger partial charge in [0.25, 0.3) is 0 Å². The Morgan fingerprint density at radius 3 is 2.70 bits per heavy atom. The van der Waals surface area contributed by atoms with Gasteiger partial charge in [-0.05, 0) is 38.5 Å². The van der Waals surface area contributed by atoms with Gasteiger partial charge < -0.3 is 20.1 Å². The van der Waals surface area contributed by atoms with Gasteiger partial charge in [-0.3, -0.25) is 0 Å². The number of likely N-dealkylation sites (tertiary alicyclic amines) is 1. The molecular formula is C14H24N2O4. The number of carboxylic acid groups (broad SMARTS) is 1. The first-order valence-electron chi connectivity index (χ1n) is 7.49. The molecule has 0 aromatic heterocycles. The molecule has 1 saturated heterocycles. The van der Waals surface area contributed by atoms with Crippen LogP contribution in [-0.2, 0) is 9.53 Å². The molecule has 2 aliphatic rings. The largest absolute Gasteiger partial charge is 0.480 e. The van der Waals surface area contributed by atoms with Crippen LogP contribution in [0.3, 0.4) is 0 Å². The zero-order valence-corrected chi connectivity index (χ0v) is 12.1. The SMILES string of the molecule is CCCOC1CCCN(C(=O)NC2(C(=O)O)CCC2)C1. The van der Waals surface area contributed by atoms with Gasteiger partial charge >= 0.3 is 12.0 Å². The van der Waals surface area contributed by atoms with E-state index in [-0.39, 0.29) is 12.1 Å². The van der Waals surface area contributed by atoms with Crippen molar-refractivity contribution in [3.63, 3.8) is 0 Å². The van der Waals surface area contributed by atoms with Crippen molar-refractivity contribution in [2.75, 3.05) is 19.7 Å². The first-order chi connectivity index (χ1) is 9.57. The van der Waals surface area contributed by atoms with Crippen LogP contribution in [-0.4, -0.2) is 53.3 Å². The zero-order chi connectivity index (χ0) is 14.6. The van der Waals surface area contributed by atoms with E-state index in [1.807, 2.05) is 0 Å². The van der Waals surface area contributed by atoms with Crippen molar-refractivity contribution >= 4 is 12.0 Å². The average molecular weight is 284 g/mol. The van der Waals surface area contributed by atoms with E-state index in [2.05, 4.69) is 12.2 Å². The van der Waals surface area contributed by atoms with Crippen LogP contribution < -0.4 is 5.32 Å². The average Bonchev–Trinajstić information content (AvgIpc) is 2.40. The number of amides is 2. The molecule has 1 saturated carbocycles. The van der Waals surface area contributed by atoms with Crippen LogP contribution in [0.4, 0.5) is 4.79 Å². The van der Waals surface area contributed by atoms with E-state index in [1.165, 1.54) is 0 Å². The molecule has 1 heterocycles. The van der Waals surface area contributed by atoms with Gasteiger partial charge in [0, 0.05) is 19.7 Å². The lowest BCUT2D eigenvalue weighted by Gasteiger charge is -2.41. The molecule has 0 spiro atoms. The van der Waals surface area contributed by atoms with Crippen LogP contribution in [0.1, 0.15) is 45.4 Å². The quantitative estimate of drug-likeness (QED) is 0.803. The Morgan fingerprint density at radius 2 is 2.15 bits per heavy atom. The van der Waals surface area contributed by atoms with Gasteiger partial charge in [0.05, 0.1) is 6.10 Å². The molecule has 2 N–H and O–H groups in total. The summed E-state index contributed by atoms with van der Waals surface area (Å²) in [4.78, 5) is 25.2. The number of nitrogens with one attached hydrogen (secondary N) is 1. The van der Waals surface area contributed by atoms with Gasteiger partial charge in [-0.15, -0.1) is 0 Å². The second kappa shape index (κ2) is 6.43. The highest BCUT2D eigenvalue weighted by molar-refractivity contribution is 5.87. The molecule has 6 heteroatoms. The molecule has 1 unspecified atom stereocenters. The van der Waals surface area contributed by atoms with E-state index in [1.54, 1.807) is 4.90 Å². The molecule has 114 valence electrons. The summed E-state index contributed by atoms with van der Waals surface area (Å²) in [5.74, 6) is -0.923. The number of carbonyl (C=O) groups excluding carboxylic acids is 1. The molecular weight excluding hydrogens is 260 g/mol. The summed E-state index contributed by atoms with van der Waals surface area (Å²) in [6.45, 7) is 3.99. The third kappa shape index (κ3) is 3.23. The first-order valence-corrected chi connectivity index (χ1v) is 7.49. The van der Waals surface area contributed by atoms with Crippen molar-refractivity contribution in [2.45, 2.75) is 57.1 Å². The van der Waals surface area contributed by atoms with Gasteiger partial charge in [0.2, 0.25) is 0 Å². The van der Waals surface area contributed by atoms with E-state index >= 15 is 0 Å². The highest BCUT2D eigenvalue weighted by Crippen LogP contribution is 2.32. The van der Waals surface area contributed by atoms with Crippen molar-refractivity contribution < 1.29 is 19.4 Å². The smallest absolute Gasteiger partial charge is 0.329 e. The third-order valence-electron chi connectivity index (χ3n) is 4.19. The maximum absolute atomic E-state index is 12.2. The Balaban J connectivity index is 1.87. The summed E-state index contributed by atoms with van der Waals surface area (Å²) in [7, 11) is 0. The van der Waals surface area contributed by atoms with Gasteiger partial charge in [-0.2, -0.15) is 0 Å². The maximum Gasteiger partial charge on any atom is 0.329 e. The minimum absolute atomic E-state index is 0.0802. The second-order valence-electron chi connectivity index (χ2n) is 5.75. The number of hydrogen-bond donors (Lipinski definition) is 2.